The van der Waals surface area contributed by atoms with Crippen LogP contribution in [0.5, 0.6) is 5.75 Å². The number of anilines is 1. The molecule has 108 valence electrons. The first kappa shape index (κ1) is 14.8. The van der Waals surface area contributed by atoms with Gasteiger partial charge in [0.15, 0.2) is 0 Å². The van der Waals surface area contributed by atoms with Crippen LogP contribution in [0.4, 0.5) is 11.4 Å². The van der Waals surface area contributed by atoms with E-state index in [0.717, 1.165) is 6.07 Å². The van der Waals surface area contributed by atoms with Crippen LogP contribution in [0.1, 0.15) is 10.4 Å². The fourth-order valence-corrected chi connectivity index (χ4v) is 1.95. The van der Waals surface area contributed by atoms with Gasteiger partial charge in [-0.15, -0.1) is 0 Å². The minimum Gasteiger partial charge on any atom is -0.495 e. The second-order valence-electron chi connectivity index (χ2n) is 4.07. The number of nitrogens with one attached hydrogen (secondary N) is 1. The lowest BCUT2D eigenvalue weighted by Gasteiger charge is -2.10. The van der Waals surface area contributed by atoms with E-state index < -0.39 is 10.8 Å². The van der Waals surface area contributed by atoms with Crippen LogP contribution in [0.3, 0.4) is 0 Å². The number of nitro benzene ring substituents is 1. The molecular weight excluding hydrogens is 296 g/mol. The molecule has 0 unspecified atom stereocenters. The normalized spacial score (nSPS) is 10.0. The van der Waals surface area contributed by atoms with Gasteiger partial charge in [0.2, 0.25) is 0 Å². The molecule has 1 N–H and O–H groups in total. The number of carbonyl (C=O) groups excluding carboxylic acids is 1. The number of benzene rings is 2. The van der Waals surface area contributed by atoms with E-state index in [-0.39, 0.29) is 16.3 Å². The second-order valence-corrected chi connectivity index (χ2v) is 4.51. The van der Waals surface area contributed by atoms with E-state index in [1.807, 2.05) is 0 Å². The molecule has 0 bridgehead atoms. The van der Waals surface area contributed by atoms with E-state index >= 15 is 0 Å². The lowest BCUT2D eigenvalue weighted by atomic mass is 10.1. The van der Waals surface area contributed by atoms with Crippen LogP contribution in [0.2, 0.25) is 5.02 Å². The summed E-state index contributed by atoms with van der Waals surface area (Å²) in [6.07, 6.45) is 0. The van der Waals surface area contributed by atoms with Gasteiger partial charge in [-0.05, 0) is 24.3 Å². The highest BCUT2D eigenvalue weighted by molar-refractivity contribution is 6.31. The zero-order valence-corrected chi connectivity index (χ0v) is 11.8. The van der Waals surface area contributed by atoms with Crippen molar-refractivity contribution in [1.82, 2.24) is 0 Å². The summed E-state index contributed by atoms with van der Waals surface area (Å²) in [6.45, 7) is 0. The Morgan fingerprint density at radius 2 is 2.00 bits per heavy atom. The number of para-hydroxylation sites is 2. The zero-order chi connectivity index (χ0) is 15.4. The summed E-state index contributed by atoms with van der Waals surface area (Å²) < 4.78 is 5.11. The van der Waals surface area contributed by atoms with E-state index in [9.17, 15) is 14.9 Å². The first-order chi connectivity index (χ1) is 10.0. The Labute approximate surface area is 125 Å². The number of ether oxygens (including phenoxy) is 1. The van der Waals surface area contributed by atoms with Crippen LogP contribution >= 0.6 is 11.6 Å². The van der Waals surface area contributed by atoms with Crippen LogP contribution in [-0.4, -0.2) is 17.9 Å². The molecule has 0 atom stereocenters. The van der Waals surface area contributed by atoms with Crippen molar-refractivity contribution in [1.29, 1.82) is 0 Å². The minimum absolute atomic E-state index is 0.0738. The molecule has 0 fully saturated rings. The fourth-order valence-electron chi connectivity index (χ4n) is 1.79. The molecule has 0 radical (unpaired) electrons. The Hall–Kier alpha value is -2.60. The molecule has 0 aliphatic rings. The minimum atomic E-state index is -0.650. The van der Waals surface area contributed by atoms with E-state index in [1.54, 1.807) is 24.3 Å². The summed E-state index contributed by atoms with van der Waals surface area (Å²) in [6, 6.07) is 10.6. The number of rotatable bonds is 4. The predicted octanol–water partition coefficient (Wildman–Crippen LogP) is 3.51. The van der Waals surface area contributed by atoms with Crippen molar-refractivity contribution in [2.75, 3.05) is 12.4 Å². The van der Waals surface area contributed by atoms with Crippen LogP contribution < -0.4 is 10.1 Å². The Morgan fingerprint density at radius 1 is 1.29 bits per heavy atom. The summed E-state index contributed by atoms with van der Waals surface area (Å²) in [4.78, 5) is 22.6. The number of hydrogen-bond acceptors (Lipinski definition) is 4. The van der Waals surface area contributed by atoms with Crippen molar-refractivity contribution in [3.05, 3.63) is 63.2 Å². The molecule has 0 saturated carbocycles. The highest BCUT2D eigenvalue weighted by atomic mass is 35.5. The van der Waals surface area contributed by atoms with Crippen LogP contribution in [0.25, 0.3) is 0 Å². The third-order valence-corrected chi connectivity index (χ3v) is 2.99. The lowest BCUT2D eigenvalue weighted by Crippen LogP contribution is -2.14. The fraction of sp³-hybridized carbons (Fsp3) is 0.0714. The van der Waals surface area contributed by atoms with Gasteiger partial charge >= 0.3 is 0 Å². The smallest absolute Gasteiger partial charge is 0.283 e. The maximum Gasteiger partial charge on any atom is 0.283 e. The SMILES string of the molecule is COc1ccccc1NC(=O)c1ccc(Cl)cc1[N+](=O)[O-]. The van der Waals surface area contributed by atoms with Gasteiger partial charge in [-0.1, -0.05) is 23.7 Å². The summed E-state index contributed by atoms with van der Waals surface area (Å²) >= 11 is 5.72. The van der Waals surface area contributed by atoms with Gasteiger partial charge in [0.05, 0.1) is 17.7 Å². The topological polar surface area (TPSA) is 81.5 Å². The molecule has 7 heteroatoms. The Kier molecular flexibility index (Phi) is 4.39. The summed E-state index contributed by atoms with van der Waals surface area (Å²) in [7, 11) is 1.47. The van der Waals surface area contributed by atoms with Crippen molar-refractivity contribution in [2.45, 2.75) is 0 Å². The number of halogens is 1. The predicted molar refractivity (Wildman–Crippen MR) is 79.1 cm³/mol. The maximum atomic E-state index is 12.2. The molecule has 21 heavy (non-hydrogen) atoms. The van der Waals surface area contributed by atoms with Gasteiger partial charge in [-0.2, -0.15) is 0 Å². The standard InChI is InChI=1S/C14H11ClN2O4/c1-21-13-5-3-2-4-11(13)16-14(18)10-7-6-9(15)8-12(10)17(19)20/h2-8H,1H3,(H,16,18). The van der Waals surface area contributed by atoms with Gasteiger partial charge in [0.1, 0.15) is 11.3 Å². The van der Waals surface area contributed by atoms with Crippen molar-refractivity contribution in [3.8, 4) is 5.75 Å². The highest BCUT2D eigenvalue weighted by Crippen LogP contribution is 2.27. The van der Waals surface area contributed by atoms with Gasteiger partial charge in [-0.25, -0.2) is 0 Å². The molecule has 0 heterocycles. The van der Waals surface area contributed by atoms with E-state index in [4.69, 9.17) is 16.3 Å². The average molecular weight is 307 g/mol. The van der Waals surface area contributed by atoms with Crippen molar-refractivity contribution >= 4 is 28.9 Å². The van der Waals surface area contributed by atoms with Gasteiger partial charge < -0.3 is 10.1 Å². The van der Waals surface area contributed by atoms with Crippen molar-refractivity contribution < 1.29 is 14.5 Å². The number of hydrogen-bond donors (Lipinski definition) is 1. The largest absolute Gasteiger partial charge is 0.495 e. The molecule has 0 aliphatic heterocycles. The van der Waals surface area contributed by atoms with Gasteiger partial charge in [0, 0.05) is 11.1 Å². The number of amides is 1. The number of nitrogens with zero attached hydrogens (tertiary/aromatic N) is 1. The summed E-state index contributed by atoms with van der Waals surface area (Å²) in [5.41, 5.74) is -0.000507. The third-order valence-electron chi connectivity index (χ3n) is 2.76. The molecule has 2 aromatic carbocycles. The van der Waals surface area contributed by atoms with E-state index in [1.165, 1.54) is 19.2 Å². The Bertz CT molecular complexity index is 703. The maximum absolute atomic E-state index is 12.2. The molecule has 0 saturated heterocycles. The van der Waals surface area contributed by atoms with Crippen LogP contribution in [0.15, 0.2) is 42.5 Å². The molecule has 2 aromatic rings. The summed E-state index contributed by atoms with van der Waals surface area (Å²) in [5.74, 6) is -0.148. The summed E-state index contributed by atoms with van der Waals surface area (Å²) in [5, 5.41) is 13.8. The zero-order valence-electron chi connectivity index (χ0n) is 11.0. The Balaban J connectivity index is 2.35. The molecule has 0 aliphatic carbocycles. The number of methoxy groups -OCH3 is 1. The van der Waals surface area contributed by atoms with Crippen LogP contribution in [0, 0.1) is 10.1 Å². The molecular formula is C14H11ClN2O4. The van der Waals surface area contributed by atoms with E-state index in [2.05, 4.69) is 5.32 Å². The molecule has 0 spiro atoms. The van der Waals surface area contributed by atoms with E-state index in [0.29, 0.717) is 11.4 Å². The molecule has 2 rings (SSSR count). The van der Waals surface area contributed by atoms with Crippen molar-refractivity contribution in [2.24, 2.45) is 0 Å². The first-order valence-electron chi connectivity index (χ1n) is 5.91. The quantitative estimate of drug-likeness (QED) is 0.692. The molecule has 6 nitrogen and oxygen atoms in total. The van der Waals surface area contributed by atoms with Gasteiger partial charge in [-0.3, -0.25) is 14.9 Å². The average Bonchev–Trinajstić information content (AvgIpc) is 2.47. The second kappa shape index (κ2) is 6.23. The first-order valence-corrected chi connectivity index (χ1v) is 6.29. The third kappa shape index (κ3) is 3.29. The van der Waals surface area contributed by atoms with Crippen molar-refractivity contribution in [3.63, 3.8) is 0 Å². The lowest BCUT2D eigenvalue weighted by molar-refractivity contribution is -0.385. The monoisotopic (exact) mass is 306 g/mol. The molecule has 1 amide bonds. The van der Waals surface area contributed by atoms with Gasteiger partial charge in [0.25, 0.3) is 11.6 Å². The molecule has 0 aromatic heterocycles. The highest BCUT2D eigenvalue weighted by Gasteiger charge is 2.21. The Morgan fingerprint density at radius 3 is 2.67 bits per heavy atom. The number of nitro groups is 1. The van der Waals surface area contributed by atoms with Crippen LogP contribution in [-0.2, 0) is 0 Å². The number of carbonyl (C=O) groups is 1.